The number of rotatable bonds is 4. The maximum Gasteiger partial charge on any atom is 0.223 e. The Morgan fingerprint density at radius 3 is 2.58 bits per heavy atom. The van der Waals surface area contributed by atoms with Crippen molar-refractivity contribution >= 4 is 5.91 Å². The van der Waals surface area contributed by atoms with Gasteiger partial charge in [0.2, 0.25) is 5.91 Å². The highest BCUT2D eigenvalue weighted by atomic mass is 16.5. The molecular weight excluding hydrogens is 304 g/mol. The highest BCUT2D eigenvalue weighted by molar-refractivity contribution is 5.77. The molecule has 24 heavy (non-hydrogen) atoms. The third kappa shape index (κ3) is 2.85. The van der Waals surface area contributed by atoms with Crippen LogP contribution in [0.25, 0.3) is 0 Å². The second kappa shape index (κ2) is 6.42. The molecule has 2 aromatic rings. The molecule has 6 heteroatoms. The molecule has 1 saturated heterocycles. The lowest BCUT2D eigenvalue weighted by Gasteiger charge is -2.25. The van der Waals surface area contributed by atoms with Crippen molar-refractivity contribution in [1.82, 2.24) is 19.8 Å². The Morgan fingerprint density at radius 1 is 1.25 bits per heavy atom. The number of likely N-dealkylation sites (tertiary alicyclic amines) is 1. The topological polar surface area (TPSA) is 64.2 Å². The Kier molecular flexibility index (Phi) is 4.47. The van der Waals surface area contributed by atoms with Crippen LogP contribution in [0, 0.1) is 27.7 Å². The molecule has 1 atom stereocenters. The van der Waals surface area contributed by atoms with E-state index >= 15 is 0 Å². The van der Waals surface area contributed by atoms with Crippen molar-refractivity contribution in [3.05, 3.63) is 34.0 Å². The molecule has 1 fully saturated rings. The number of carbonyl (C=O) groups excluding carboxylic acids is 1. The zero-order chi connectivity index (χ0) is 17.4. The van der Waals surface area contributed by atoms with Crippen LogP contribution in [0.15, 0.2) is 4.52 Å². The number of carbonyl (C=O) groups is 1. The van der Waals surface area contributed by atoms with E-state index in [1.807, 2.05) is 37.4 Å². The van der Waals surface area contributed by atoms with Crippen molar-refractivity contribution < 1.29 is 9.32 Å². The third-order valence-corrected chi connectivity index (χ3v) is 5.24. The Labute approximate surface area is 142 Å². The zero-order valence-electron chi connectivity index (χ0n) is 15.2. The van der Waals surface area contributed by atoms with Crippen molar-refractivity contribution in [3.8, 4) is 0 Å². The summed E-state index contributed by atoms with van der Waals surface area (Å²) in [6.45, 7) is 8.77. The van der Waals surface area contributed by atoms with Gasteiger partial charge in [-0.25, -0.2) is 0 Å². The van der Waals surface area contributed by atoms with Crippen LogP contribution in [0.1, 0.15) is 59.3 Å². The minimum absolute atomic E-state index is 0.111. The summed E-state index contributed by atoms with van der Waals surface area (Å²) in [7, 11) is 1.95. The second-order valence-electron chi connectivity index (χ2n) is 6.76. The van der Waals surface area contributed by atoms with Gasteiger partial charge < -0.3 is 9.42 Å². The molecule has 0 spiro atoms. The SMILES string of the molecule is Cc1nn(C)c(C)c1CCC(=O)N1CCC[C@@H]1c1c(C)noc1C. The summed E-state index contributed by atoms with van der Waals surface area (Å²) in [6, 6.07) is 0.111. The molecule has 0 bridgehead atoms. The summed E-state index contributed by atoms with van der Waals surface area (Å²) >= 11 is 0. The van der Waals surface area contributed by atoms with Crippen molar-refractivity contribution in [2.24, 2.45) is 7.05 Å². The first-order valence-corrected chi connectivity index (χ1v) is 8.61. The van der Waals surface area contributed by atoms with E-state index < -0.39 is 0 Å². The molecule has 1 aliphatic heterocycles. The largest absolute Gasteiger partial charge is 0.361 e. The van der Waals surface area contributed by atoms with Gasteiger partial charge in [0.05, 0.1) is 17.4 Å². The van der Waals surface area contributed by atoms with E-state index in [2.05, 4.69) is 17.2 Å². The number of aromatic nitrogens is 3. The quantitative estimate of drug-likeness (QED) is 0.864. The van der Waals surface area contributed by atoms with Crippen LogP contribution >= 0.6 is 0 Å². The molecule has 0 aliphatic carbocycles. The summed E-state index contributed by atoms with van der Waals surface area (Å²) in [5.41, 5.74) is 5.35. The van der Waals surface area contributed by atoms with Crippen molar-refractivity contribution in [2.75, 3.05) is 6.54 Å². The lowest BCUT2D eigenvalue weighted by Crippen LogP contribution is -2.31. The summed E-state index contributed by atoms with van der Waals surface area (Å²) in [5, 5.41) is 8.49. The van der Waals surface area contributed by atoms with Gasteiger partial charge in [0.1, 0.15) is 5.76 Å². The molecule has 1 amide bonds. The second-order valence-corrected chi connectivity index (χ2v) is 6.76. The normalized spacial score (nSPS) is 17.7. The smallest absolute Gasteiger partial charge is 0.223 e. The molecule has 0 unspecified atom stereocenters. The fraction of sp³-hybridized carbons (Fsp3) is 0.611. The van der Waals surface area contributed by atoms with Crippen molar-refractivity contribution in [1.29, 1.82) is 0 Å². The van der Waals surface area contributed by atoms with Gasteiger partial charge in [-0.3, -0.25) is 9.48 Å². The first-order chi connectivity index (χ1) is 11.4. The van der Waals surface area contributed by atoms with E-state index in [4.69, 9.17) is 4.52 Å². The van der Waals surface area contributed by atoms with E-state index in [1.165, 1.54) is 5.56 Å². The van der Waals surface area contributed by atoms with Crippen molar-refractivity contribution in [2.45, 2.75) is 59.4 Å². The predicted octanol–water partition coefficient (Wildman–Crippen LogP) is 2.94. The van der Waals surface area contributed by atoms with Gasteiger partial charge in [-0.1, -0.05) is 5.16 Å². The molecule has 3 heterocycles. The number of nitrogens with zero attached hydrogens (tertiary/aromatic N) is 4. The van der Waals surface area contributed by atoms with Gasteiger partial charge in [-0.05, 0) is 52.5 Å². The maximum absolute atomic E-state index is 12.8. The van der Waals surface area contributed by atoms with Gasteiger partial charge in [0, 0.05) is 31.3 Å². The molecular formula is C18H26N4O2. The Hall–Kier alpha value is -2.11. The van der Waals surface area contributed by atoms with Crippen LogP contribution in [0.4, 0.5) is 0 Å². The van der Waals surface area contributed by atoms with E-state index in [9.17, 15) is 4.79 Å². The zero-order valence-corrected chi connectivity index (χ0v) is 15.2. The van der Waals surface area contributed by atoms with Crippen LogP contribution in [-0.2, 0) is 18.3 Å². The van der Waals surface area contributed by atoms with Crippen LogP contribution < -0.4 is 0 Å². The predicted molar refractivity (Wildman–Crippen MR) is 90.7 cm³/mol. The number of amides is 1. The van der Waals surface area contributed by atoms with Gasteiger partial charge in [0.25, 0.3) is 0 Å². The van der Waals surface area contributed by atoms with E-state index in [1.54, 1.807) is 0 Å². The summed E-state index contributed by atoms with van der Waals surface area (Å²) in [6.07, 6.45) is 3.29. The van der Waals surface area contributed by atoms with Crippen LogP contribution in [0.5, 0.6) is 0 Å². The summed E-state index contributed by atoms with van der Waals surface area (Å²) in [5.74, 6) is 1.04. The molecule has 0 aromatic carbocycles. The monoisotopic (exact) mass is 330 g/mol. The Morgan fingerprint density at radius 2 is 2.00 bits per heavy atom. The van der Waals surface area contributed by atoms with Gasteiger partial charge in [-0.15, -0.1) is 0 Å². The summed E-state index contributed by atoms with van der Waals surface area (Å²) < 4.78 is 7.19. The molecule has 1 aliphatic rings. The first kappa shape index (κ1) is 16.7. The molecule has 3 rings (SSSR count). The van der Waals surface area contributed by atoms with Gasteiger partial charge in [-0.2, -0.15) is 5.10 Å². The van der Waals surface area contributed by atoms with Gasteiger partial charge in [0.15, 0.2) is 0 Å². The van der Waals surface area contributed by atoms with Crippen LogP contribution in [-0.4, -0.2) is 32.3 Å². The molecule has 2 aromatic heterocycles. The minimum atomic E-state index is 0.111. The molecule has 130 valence electrons. The van der Waals surface area contributed by atoms with Crippen LogP contribution in [0.3, 0.4) is 0 Å². The standard InChI is InChI=1S/C18H26N4O2/c1-11-15(13(3)21(5)19-11)8-9-17(23)22-10-6-7-16(22)18-12(2)20-24-14(18)4/h16H,6-10H2,1-5H3/t16-/m1/s1. The average Bonchev–Trinajstić information content (AvgIpc) is 3.18. The number of hydrogen-bond acceptors (Lipinski definition) is 4. The fourth-order valence-electron chi connectivity index (χ4n) is 3.89. The lowest BCUT2D eigenvalue weighted by molar-refractivity contribution is -0.132. The van der Waals surface area contributed by atoms with E-state index in [0.29, 0.717) is 6.42 Å². The van der Waals surface area contributed by atoms with Crippen LogP contribution in [0.2, 0.25) is 0 Å². The lowest BCUT2D eigenvalue weighted by atomic mass is 10.0. The van der Waals surface area contributed by atoms with Crippen molar-refractivity contribution in [3.63, 3.8) is 0 Å². The van der Waals surface area contributed by atoms with E-state index in [-0.39, 0.29) is 11.9 Å². The first-order valence-electron chi connectivity index (χ1n) is 8.61. The minimum Gasteiger partial charge on any atom is -0.361 e. The number of hydrogen-bond donors (Lipinski definition) is 0. The molecule has 6 nitrogen and oxygen atoms in total. The van der Waals surface area contributed by atoms with Gasteiger partial charge >= 0.3 is 0 Å². The molecule has 0 N–H and O–H groups in total. The molecule has 0 saturated carbocycles. The summed E-state index contributed by atoms with van der Waals surface area (Å²) in [4.78, 5) is 14.8. The number of aryl methyl sites for hydroxylation is 4. The molecule has 0 radical (unpaired) electrons. The maximum atomic E-state index is 12.8. The highest BCUT2D eigenvalue weighted by Crippen LogP contribution is 2.36. The average molecular weight is 330 g/mol. The highest BCUT2D eigenvalue weighted by Gasteiger charge is 2.33. The Balaban J connectivity index is 1.72. The third-order valence-electron chi connectivity index (χ3n) is 5.24. The Bertz CT molecular complexity index is 740. The van der Waals surface area contributed by atoms with E-state index in [0.717, 1.165) is 54.2 Å². The fourth-order valence-corrected chi connectivity index (χ4v) is 3.89.